The van der Waals surface area contributed by atoms with Crippen molar-refractivity contribution in [3.05, 3.63) is 48.0 Å². The van der Waals surface area contributed by atoms with Gasteiger partial charge in [-0.3, -0.25) is 10.1 Å². The van der Waals surface area contributed by atoms with E-state index in [1.807, 2.05) is 37.3 Å². The topological polar surface area (TPSA) is 67.4 Å². The minimum atomic E-state index is -0.566. The van der Waals surface area contributed by atoms with Crippen LogP contribution in [0, 0.1) is 0 Å². The average Bonchev–Trinajstić information content (AvgIpc) is 2.46. The number of carbonyl (C=O) groups is 2. The summed E-state index contributed by atoms with van der Waals surface area (Å²) in [6.45, 7) is 3.89. The summed E-state index contributed by atoms with van der Waals surface area (Å²) in [4.78, 5) is 22.6. The molecule has 1 aromatic rings. The molecule has 0 aliphatic carbocycles. The molecular weight excluding hydrogens is 288 g/mol. The van der Waals surface area contributed by atoms with Gasteiger partial charge in [0.2, 0.25) is 5.91 Å². The molecule has 0 fully saturated rings. The minimum Gasteiger partial charge on any atom is -0.463 e. The van der Waals surface area contributed by atoms with Gasteiger partial charge < -0.3 is 10.1 Å². The Labute approximate surface area is 129 Å². The van der Waals surface area contributed by atoms with E-state index in [2.05, 4.69) is 15.4 Å². The normalized spacial score (nSPS) is 11.7. The van der Waals surface area contributed by atoms with E-state index < -0.39 is 11.9 Å². The van der Waals surface area contributed by atoms with E-state index in [9.17, 15) is 9.59 Å². The van der Waals surface area contributed by atoms with Crippen LogP contribution in [0.25, 0.3) is 0 Å². The Morgan fingerprint density at radius 2 is 1.95 bits per heavy atom. The number of hydrogen-bond acceptors (Lipinski definition) is 4. The maximum absolute atomic E-state index is 11.5. The molecule has 21 heavy (non-hydrogen) atoms. The molecular formula is C15H18N2O3S. The molecule has 1 unspecified atom stereocenters. The van der Waals surface area contributed by atoms with Gasteiger partial charge in [-0.2, -0.15) is 0 Å². The van der Waals surface area contributed by atoms with Crippen molar-refractivity contribution in [1.29, 1.82) is 0 Å². The number of esters is 1. The molecule has 0 saturated carbocycles. The van der Waals surface area contributed by atoms with Gasteiger partial charge >= 0.3 is 5.97 Å². The van der Waals surface area contributed by atoms with Crippen molar-refractivity contribution < 1.29 is 14.3 Å². The fourth-order valence-electron chi connectivity index (χ4n) is 1.55. The number of thiocarbonyl (C=S) groups is 1. The van der Waals surface area contributed by atoms with Crippen molar-refractivity contribution in [2.75, 3.05) is 6.61 Å². The molecule has 0 radical (unpaired) electrons. The molecule has 6 heteroatoms. The van der Waals surface area contributed by atoms with E-state index in [1.165, 1.54) is 0 Å². The monoisotopic (exact) mass is 306 g/mol. The van der Waals surface area contributed by atoms with Crippen LogP contribution < -0.4 is 10.6 Å². The van der Waals surface area contributed by atoms with Gasteiger partial charge in [0.1, 0.15) is 0 Å². The second-order valence-corrected chi connectivity index (χ2v) is 4.59. The molecule has 2 N–H and O–H groups in total. The third-order valence-corrected chi connectivity index (χ3v) is 2.76. The van der Waals surface area contributed by atoms with Crippen molar-refractivity contribution in [3.63, 3.8) is 0 Å². The summed E-state index contributed by atoms with van der Waals surface area (Å²) in [5.41, 5.74) is 1.05. The summed E-state index contributed by atoms with van der Waals surface area (Å²) in [6.07, 6.45) is 2.14. The highest BCUT2D eigenvalue weighted by Gasteiger charge is 2.08. The van der Waals surface area contributed by atoms with Crippen LogP contribution in [0.2, 0.25) is 0 Å². The SMILES string of the molecule is CCOC(=O)C=CC(=O)NC(=S)NC(C)c1ccccc1. The summed E-state index contributed by atoms with van der Waals surface area (Å²) in [7, 11) is 0. The Bertz CT molecular complexity index is 529. The molecule has 0 aliphatic heterocycles. The Kier molecular flexibility index (Phi) is 7.11. The van der Waals surface area contributed by atoms with Crippen LogP contribution in [0.15, 0.2) is 42.5 Å². The lowest BCUT2D eigenvalue weighted by Gasteiger charge is -2.16. The summed E-state index contributed by atoms with van der Waals surface area (Å²) in [5, 5.41) is 5.65. The molecule has 0 aliphatic rings. The highest BCUT2D eigenvalue weighted by molar-refractivity contribution is 7.80. The van der Waals surface area contributed by atoms with Gasteiger partial charge in [0.05, 0.1) is 12.6 Å². The maximum atomic E-state index is 11.5. The van der Waals surface area contributed by atoms with Gasteiger partial charge in [0.25, 0.3) is 0 Å². The fraction of sp³-hybridized carbons (Fsp3) is 0.267. The molecule has 0 bridgehead atoms. The second-order valence-electron chi connectivity index (χ2n) is 4.18. The van der Waals surface area contributed by atoms with Gasteiger partial charge in [0.15, 0.2) is 5.11 Å². The number of hydrogen-bond donors (Lipinski definition) is 2. The largest absolute Gasteiger partial charge is 0.463 e. The van der Waals surface area contributed by atoms with E-state index in [0.29, 0.717) is 0 Å². The third-order valence-electron chi connectivity index (χ3n) is 2.54. The number of benzene rings is 1. The first-order valence-electron chi connectivity index (χ1n) is 6.54. The molecule has 1 aromatic carbocycles. The van der Waals surface area contributed by atoms with E-state index in [4.69, 9.17) is 12.2 Å². The predicted molar refractivity (Wildman–Crippen MR) is 84.5 cm³/mol. The Balaban J connectivity index is 2.43. The summed E-state index contributed by atoms with van der Waals surface area (Å²) >= 11 is 5.04. The molecule has 112 valence electrons. The number of rotatable bonds is 5. The van der Waals surface area contributed by atoms with E-state index in [0.717, 1.165) is 17.7 Å². The summed E-state index contributed by atoms with van der Waals surface area (Å²) in [6, 6.07) is 9.67. The molecule has 0 saturated heterocycles. The Morgan fingerprint density at radius 3 is 2.57 bits per heavy atom. The summed E-state index contributed by atoms with van der Waals surface area (Å²) < 4.78 is 4.67. The molecule has 0 heterocycles. The lowest BCUT2D eigenvalue weighted by atomic mass is 10.1. The van der Waals surface area contributed by atoms with Gasteiger partial charge in [-0.1, -0.05) is 30.3 Å². The van der Waals surface area contributed by atoms with Crippen LogP contribution in [0.3, 0.4) is 0 Å². The van der Waals surface area contributed by atoms with Gasteiger partial charge in [-0.05, 0) is 31.6 Å². The van der Waals surface area contributed by atoms with Crippen molar-refractivity contribution in [1.82, 2.24) is 10.6 Å². The fourth-order valence-corrected chi connectivity index (χ4v) is 1.82. The second kappa shape index (κ2) is 8.86. The number of nitrogens with one attached hydrogen (secondary N) is 2. The number of amides is 1. The number of ether oxygens (including phenoxy) is 1. The van der Waals surface area contributed by atoms with E-state index in [1.54, 1.807) is 6.92 Å². The zero-order chi connectivity index (χ0) is 15.7. The lowest BCUT2D eigenvalue weighted by Crippen LogP contribution is -2.39. The van der Waals surface area contributed by atoms with E-state index >= 15 is 0 Å². The third kappa shape index (κ3) is 6.67. The summed E-state index contributed by atoms with van der Waals surface area (Å²) in [5.74, 6) is -1.05. The quantitative estimate of drug-likeness (QED) is 0.494. The highest BCUT2D eigenvalue weighted by atomic mass is 32.1. The van der Waals surface area contributed by atoms with Crippen molar-refractivity contribution in [2.24, 2.45) is 0 Å². The van der Waals surface area contributed by atoms with Gasteiger partial charge in [-0.15, -0.1) is 0 Å². The molecule has 0 spiro atoms. The first-order chi connectivity index (χ1) is 10.0. The molecule has 1 amide bonds. The molecule has 0 aromatic heterocycles. The highest BCUT2D eigenvalue weighted by Crippen LogP contribution is 2.10. The van der Waals surface area contributed by atoms with E-state index in [-0.39, 0.29) is 17.8 Å². The van der Waals surface area contributed by atoms with Gasteiger partial charge in [0, 0.05) is 12.2 Å². The van der Waals surface area contributed by atoms with Crippen LogP contribution in [0.1, 0.15) is 25.5 Å². The van der Waals surface area contributed by atoms with Crippen molar-refractivity contribution in [3.8, 4) is 0 Å². The van der Waals surface area contributed by atoms with Crippen LogP contribution in [0.5, 0.6) is 0 Å². The predicted octanol–water partition coefficient (Wildman–Crippen LogP) is 1.86. The van der Waals surface area contributed by atoms with Crippen molar-refractivity contribution in [2.45, 2.75) is 19.9 Å². The zero-order valence-electron chi connectivity index (χ0n) is 12.0. The molecule has 1 rings (SSSR count). The molecule has 5 nitrogen and oxygen atoms in total. The van der Waals surface area contributed by atoms with Gasteiger partial charge in [-0.25, -0.2) is 4.79 Å². The van der Waals surface area contributed by atoms with Crippen LogP contribution in [0.4, 0.5) is 0 Å². The van der Waals surface area contributed by atoms with Crippen molar-refractivity contribution >= 4 is 29.2 Å². The smallest absolute Gasteiger partial charge is 0.330 e. The van der Waals surface area contributed by atoms with Crippen LogP contribution in [-0.4, -0.2) is 23.6 Å². The Hall–Kier alpha value is -2.21. The lowest BCUT2D eigenvalue weighted by molar-refractivity contribution is -0.137. The zero-order valence-corrected chi connectivity index (χ0v) is 12.8. The van der Waals surface area contributed by atoms with Crippen LogP contribution >= 0.6 is 12.2 Å². The average molecular weight is 306 g/mol. The van der Waals surface area contributed by atoms with Crippen LogP contribution in [-0.2, 0) is 14.3 Å². The maximum Gasteiger partial charge on any atom is 0.330 e. The Morgan fingerprint density at radius 1 is 1.29 bits per heavy atom. The minimum absolute atomic E-state index is 0.0342. The first kappa shape index (κ1) is 16.8. The first-order valence-corrected chi connectivity index (χ1v) is 6.95. The number of carbonyl (C=O) groups excluding carboxylic acids is 2. The molecule has 1 atom stereocenters. The standard InChI is InChI=1S/C15H18N2O3S/c1-3-20-14(19)10-9-13(18)17-15(21)16-11(2)12-7-5-4-6-8-12/h4-11H,3H2,1-2H3,(H2,16,17,18,21).